The Morgan fingerprint density at radius 2 is 1.65 bits per heavy atom. The van der Waals surface area contributed by atoms with Crippen LogP contribution in [0, 0.1) is 0 Å². The molecule has 1 aliphatic heterocycles. The van der Waals surface area contributed by atoms with E-state index in [0.717, 1.165) is 16.5 Å². The van der Waals surface area contributed by atoms with Crippen molar-refractivity contribution in [2.75, 3.05) is 6.54 Å². The molecule has 4 nitrogen and oxygen atoms in total. The molecule has 6 heteroatoms. The number of nitrogens with one attached hydrogen (secondary N) is 1. The molecule has 0 bridgehead atoms. The number of carbonyl (C=O) groups excluding carboxylic acids is 2. The number of hydrogen-bond donors (Lipinski definition) is 1. The van der Waals surface area contributed by atoms with Crippen LogP contribution in [0.1, 0.15) is 11.1 Å². The SMILES string of the molecule is O=C1C(Cl)=C(c2ccc(Cl)cc2)C(=O)N1CCc1c[nH]c2ccccc12. The van der Waals surface area contributed by atoms with Crippen molar-refractivity contribution in [2.24, 2.45) is 0 Å². The number of para-hydroxylation sites is 1. The Hall–Kier alpha value is -2.56. The van der Waals surface area contributed by atoms with E-state index in [-0.39, 0.29) is 23.1 Å². The van der Waals surface area contributed by atoms with E-state index in [1.54, 1.807) is 24.3 Å². The number of imide groups is 1. The van der Waals surface area contributed by atoms with Crippen LogP contribution in [0.25, 0.3) is 16.5 Å². The van der Waals surface area contributed by atoms with E-state index in [1.807, 2.05) is 30.5 Å². The first-order chi connectivity index (χ1) is 12.6. The smallest absolute Gasteiger partial charge is 0.273 e. The third kappa shape index (κ3) is 2.81. The minimum Gasteiger partial charge on any atom is -0.361 e. The number of halogens is 2. The molecule has 0 atom stereocenters. The highest BCUT2D eigenvalue weighted by molar-refractivity contribution is 6.55. The largest absolute Gasteiger partial charge is 0.361 e. The number of fused-ring (bicyclic) bond motifs is 1. The van der Waals surface area contributed by atoms with Crippen LogP contribution in [0.4, 0.5) is 0 Å². The van der Waals surface area contributed by atoms with E-state index in [2.05, 4.69) is 4.98 Å². The van der Waals surface area contributed by atoms with Gasteiger partial charge >= 0.3 is 0 Å². The molecule has 4 rings (SSSR count). The molecule has 0 spiro atoms. The normalized spacial score (nSPS) is 14.8. The van der Waals surface area contributed by atoms with E-state index in [0.29, 0.717) is 17.0 Å². The lowest BCUT2D eigenvalue weighted by atomic mass is 10.1. The van der Waals surface area contributed by atoms with Crippen LogP contribution in [0.5, 0.6) is 0 Å². The van der Waals surface area contributed by atoms with E-state index in [9.17, 15) is 9.59 Å². The van der Waals surface area contributed by atoms with Crippen molar-refractivity contribution in [1.82, 2.24) is 9.88 Å². The summed E-state index contributed by atoms with van der Waals surface area (Å²) in [6, 6.07) is 14.6. The van der Waals surface area contributed by atoms with Crippen LogP contribution >= 0.6 is 23.2 Å². The van der Waals surface area contributed by atoms with Gasteiger partial charge in [-0.15, -0.1) is 0 Å². The molecular formula is C20H14Cl2N2O2. The third-order valence-electron chi connectivity index (χ3n) is 4.52. The summed E-state index contributed by atoms with van der Waals surface area (Å²) < 4.78 is 0. The molecule has 3 aromatic rings. The lowest BCUT2D eigenvalue weighted by Gasteiger charge is -2.14. The molecule has 1 N–H and O–H groups in total. The molecule has 0 fully saturated rings. The summed E-state index contributed by atoms with van der Waals surface area (Å²) in [5.41, 5.74) is 2.90. The Morgan fingerprint density at radius 3 is 2.42 bits per heavy atom. The molecule has 1 aliphatic rings. The quantitative estimate of drug-likeness (QED) is 0.678. The molecule has 26 heavy (non-hydrogen) atoms. The zero-order chi connectivity index (χ0) is 18.3. The van der Waals surface area contributed by atoms with Gasteiger partial charge in [0.1, 0.15) is 5.03 Å². The van der Waals surface area contributed by atoms with E-state index < -0.39 is 5.91 Å². The van der Waals surface area contributed by atoms with Crippen molar-refractivity contribution in [1.29, 1.82) is 0 Å². The Balaban J connectivity index is 1.56. The van der Waals surface area contributed by atoms with E-state index in [4.69, 9.17) is 23.2 Å². The van der Waals surface area contributed by atoms with Gasteiger partial charge < -0.3 is 4.98 Å². The molecule has 0 radical (unpaired) electrons. The zero-order valence-corrected chi connectivity index (χ0v) is 15.1. The van der Waals surface area contributed by atoms with Crippen molar-refractivity contribution >= 4 is 51.5 Å². The van der Waals surface area contributed by atoms with Gasteiger partial charge in [-0.25, -0.2) is 0 Å². The number of hydrogen-bond acceptors (Lipinski definition) is 2. The molecule has 0 saturated carbocycles. The monoisotopic (exact) mass is 384 g/mol. The highest BCUT2D eigenvalue weighted by atomic mass is 35.5. The van der Waals surface area contributed by atoms with Gasteiger partial charge in [0.2, 0.25) is 0 Å². The van der Waals surface area contributed by atoms with Crippen LogP contribution in [0.2, 0.25) is 5.02 Å². The molecule has 0 aliphatic carbocycles. The second-order valence-electron chi connectivity index (χ2n) is 6.07. The number of H-pyrrole nitrogens is 1. The summed E-state index contributed by atoms with van der Waals surface area (Å²) in [7, 11) is 0. The summed E-state index contributed by atoms with van der Waals surface area (Å²) in [5, 5.41) is 1.60. The zero-order valence-electron chi connectivity index (χ0n) is 13.6. The average Bonchev–Trinajstić information content (AvgIpc) is 3.15. The maximum Gasteiger partial charge on any atom is 0.273 e. The Kier molecular flexibility index (Phi) is 4.31. The first kappa shape index (κ1) is 16.9. The van der Waals surface area contributed by atoms with Crippen LogP contribution in [0.15, 0.2) is 59.8 Å². The summed E-state index contributed by atoms with van der Waals surface area (Å²) in [6.07, 6.45) is 2.46. The lowest BCUT2D eigenvalue weighted by Crippen LogP contribution is -2.33. The van der Waals surface area contributed by atoms with Crippen molar-refractivity contribution in [3.63, 3.8) is 0 Å². The summed E-state index contributed by atoms with van der Waals surface area (Å²) in [6.45, 7) is 0.271. The van der Waals surface area contributed by atoms with Crippen molar-refractivity contribution in [3.8, 4) is 0 Å². The molecule has 0 unspecified atom stereocenters. The molecular weight excluding hydrogens is 371 g/mol. The standard InChI is InChI=1S/C20H14Cl2N2O2/c21-14-7-5-12(6-8-14)17-18(22)20(26)24(19(17)25)10-9-13-11-23-16-4-2-1-3-15(13)16/h1-8,11,23H,9-10H2. The van der Waals surface area contributed by atoms with Gasteiger partial charge in [-0.1, -0.05) is 53.5 Å². The number of aromatic nitrogens is 1. The second-order valence-corrected chi connectivity index (χ2v) is 6.88. The second kappa shape index (κ2) is 6.63. The van der Waals surface area contributed by atoms with Crippen LogP contribution in [-0.2, 0) is 16.0 Å². The van der Waals surface area contributed by atoms with E-state index >= 15 is 0 Å². The van der Waals surface area contributed by atoms with Crippen LogP contribution in [-0.4, -0.2) is 28.2 Å². The number of aromatic amines is 1. The number of rotatable bonds is 4. The van der Waals surface area contributed by atoms with Crippen LogP contribution in [0.3, 0.4) is 0 Å². The predicted molar refractivity (Wildman–Crippen MR) is 103 cm³/mol. The van der Waals surface area contributed by atoms with Gasteiger partial charge in [0, 0.05) is 28.7 Å². The van der Waals surface area contributed by atoms with Crippen molar-refractivity contribution < 1.29 is 9.59 Å². The summed E-state index contributed by atoms with van der Waals surface area (Å²) in [4.78, 5) is 29.6. The van der Waals surface area contributed by atoms with Crippen molar-refractivity contribution in [2.45, 2.75) is 6.42 Å². The van der Waals surface area contributed by atoms with Gasteiger partial charge in [0.15, 0.2) is 0 Å². The lowest BCUT2D eigenvalue weighted by molar-refractivity contribution is -0.136. The first-order valence-electron chi connectivity index (χ1n) is 8.13. The van der Waals surface area contributed by atoms with Gasteiger partial charge in [-0.2, -0.15) is 0 Å². The highest BCUT2D eigenvalue weighted by Gasteiger charge is 2.37. The van der Waals surface area contributed by atoms with Gasteiger partial charge in [0.05, 0.1) is 5.57 Å². The molecule has 2 aromatic carbocycles. The number of carbonyl (C=O) groups is 2. The first-order valence-corrected chi connectivity index (χ1v) is 8.89. The Bertz CT molecular complexity index is 1050. The molecule has 0 saturated heterocycles. The molecule has 2 amide bonds. The third-order valence-corrected chi connectivity index (χ3v) is 5.13. The fourth-order valence-corrected chi connectivity index (χ4v) is 3.60. The number of nitrogens with zero attached hydrogens (tertiary/aromatic N) is 1. The molecule has 130 valence electrons. The van der Waals surface area contributed by atoms with Crippen molar-refractivity contribution in [3.05, 3.63) is 75.9 Å². The highest BCUT2D eigenvalue weighted by Crippen LogP contribution is 2.32. The van der Waals surface area contributed by atoms with Crippen LogP contribution < -0.4 is 0 Å². The predicted octanol–water partition coefficient (Wildman–Crippen LogP) is 4.38. The maximum absolute atomic E-state index is 12.8. The molecule has 2 heterocycles. The van der Waals surface area contributed by atoms with Gasteiger partial charge in [0.25, 0.3) is 11.8 Å². The summed E-state index contributed by atoms with van der Waals surface area (Å²) >= 11 is 12.1. The maximum atomic E-state index is 12.8. The topological polar surface area (TPSA) is 53.2 Å². The minimum absolute atomic E-state index is 0.0451. The van der Waals surface area contributed by atoms with E-state index in [1.165, 1.54) is 4.90 Å². The summed E-state index contributed by atoms with van der Waals surface area (Å²) in [5.74, 6) is -0.830. The average molecular weight is 385 g/mol. The van der Waals surface area contributed by atoms with Gasteiger partial charge in [-0.05, 0) is 35.7 Å². The Morgan fingerprint density at radius 1 is 0.923 bits per heavy atom. The number of benzene rings is 2. The fourth-order valence-electron chi connectivity index (χ4n) is 3.19. The number of amides is 2. The Labute approximate surface area is 160 Å². The fraction of sp³-hybridized carbons (Fsp3) is 0.100. The minimum atomic E-state index is -0.457. The molecule has 1 aromatic heterocycles. The van der Waals surface area contributed by atoms with Gasteiger partial charge in [-0.3, -0.25) is 14.5 Å².